The number of hydrogen-bond acceptors (Lipinski definition) is 3. The molecule has 0 radical (unpaired) electrons. The van der Waals surface area contributed by atoms with Crippen LogP contribution in [0.15, 0.2) is 0 Å². The fourth-order valence-corrected chi connectivity index (χ4v) is 9.18. The largest absolute Gasteiger partial charge is 0.393 e. The van der Waals surface area contributed by atoms with E-state index in [1.807, 2.05) is 0 Å². The quantitative estimate of drug-likeness (QED) is 0.713. The van der Waals surface area contributed by atoms with Gasteiger partial charge in [0.1, 0.15) is 12.3 Å². The number of epoxide rings is 1. The smallest absolute Gasteiger partial charge is 0.138 e. The Balaban J connectivity index is 1.35. The third kappa shape index (κ3) is 2.01. The zero-order valence-electron chi connectivity index (χ0n) is 16.7. The summed E-state index contributed by atoms with van der Waals surface area (Å²) in [5, 5.41) is 10.7. The predicted molar refractivity (Wildman–Crippen MR) is 102 cm³/mol. The highest BCUT2D eigenvalue weighted by atomic mass is 16.6. The Kier molecular flexibility index (Phi) is 3.54. The van der Waals surface area contributed by atoms with Gasteiger partial charge in [0.05, 0.1) is 6.10 Å². The maximum atomic E-state index is 10.7. The van der Waals surface area contributed by atoms with Gasteiger partial charge in [-0.15, -0.1) is 0 Å². The molecule has 6 aliphatic rings. The number of nitrogens with zero attached hydrogens (tertiary/aromatic N) is 1. The van der Waals surface area contributed by atoms with Crippen molar-refractivity contribution in [2.24, 2.45) is 34.5 Å². The lowest BCUT2D eigenvalue weighted by atomic mass is 9.44. The van der Waals surface area contributed by atoms with Crippen molar-refractivity contribution in [3.63, 3.8) is 0 Å². The van der Waals surface area contributed by atoms with Gasteiger partial charge in [0.15, 0.2) is 0 Å². The predicted octanol–water partition coefficient (Wildman–Crippen LogP) is 4.19. The summed E-state index contributed by atoms with van der Waals surface area (Å²) in [4.78, 5) is 2.80. The molecule has 6 rings (SSSR count). The van der Waals surface area contributed by atoms with Crippen LogP contribution in [0.2, 0.25) is 0 Å². The van der Waals surface area contributed by atoms with Gasteiger partial charge in [-0.1, -0.05) is 20.3 Å². The fraction of sp³-hybridized carbons (Fsp3) is 1.00. The summed E-state index contributed by atoms with van der Waals surface area (Å²) in [6.45, 7) is 6.39. The molecule has 0 spiro atoms. The van der Waals surface area contributed by atoms with Gasteiger partial charge in [-0.2, -0.15) is 0 Å². The SMILES string of the molecule is C[C@@]12C(CCCC1N1CCC3OC31)CC[C@@H]1[C@H]2CC[C@]2(C)C(O)CC[C@@H]12. The summed E-state index contributed by atoms with van der Waals surface area (Å²) in [5.74, 6) is 3.45. The van der Waals surface area contributed by atoms with Crippen LogP contribution in [0.5, 0.6) is 0 Å². The molecule has 0 aromatic rings. The Morgan fingerprint density at radius 1 is 0.923 bits per heavy atom. The van der Waals surface area contributed by atoms with E-state index >= 15 is 0 Å². The van der Waals surface area contributed by atoms with E-state index in [0.29, 0.717) is 17.7 Å². The molecule has 3 nitrogen and oxygen atoms in total. The molecule has 26 heavy (non-hydrogen) atoms. The third-order valence-corrected chi connectivity index (χ3v) is 10.6. The highest BCUT2D eigenvalue weighted by Crippen LogP contribution is 2.67. The molecule has 146 valence electrons. The van der Waals surface area contributed by atoms with E-state index in [9.17, 15) is 5.11 Å². The lowest BCUT2D eigenvalue weighted by molar-refractivity contribution is -0.156. The van der Waals surface area contributed by atoms with Crippen LogP contribution in [0.3, 0.4) is 0 Å². The monoisotopic (exact) mass is 359 g/mol. The maximum absolute atomic E-state index is 10.7. The summed E-state index contributed by atoms with van der Waals surface area (Å²) in [6.07, 6.45) is 14.4. The Labute approximate surface area is 158 Å². The van der Waals surface area contributed by atoms with Gasteiger partial charge >= 0.3 is 0 Å². The third-order valence-electron chi connectivity index (χ3n) is 10.6. The molecule has 10 atom stereocenters. The van der Waals surface area contributed by atoms with E-state index < -0.39 is 0 Å². The Hall–Kier alpha value is -0.120. The van der Waals surface area contributed by atoms with Crippen LogP contribution in [-0.2, 0) is 4.74 Å². The average molecular weight is 360 g/mol. The Bertz CT molecular complexity index is 595. The lowest BCUT2D eigenvalue weighted by Gasteiger charge is -2.63. The number of ether oxygens (including phenoxy) is 1. The van der Waals surface area contributed by atoms with Crippen molar-refractivity contribution in [2.75, 3.05) is 6.54 Å². The highest BCUT2D eigenvalue weighted by Gasteiger charge is 2.64. The van der Waals surface area contributed by atoms with Crippen LogP contribution < -0.4 is 0 Å². The summed E-state index contributed by atoms with van der Waals surface area (Å²) in [6, 6.07) is 0.752. The standard InChI is InChI=1S/C23H37NO2/c1-22-12-10-17-15(16(22)8-9-20(22)25)7-6-14-4-3-5-19(23(14,17)2)24-13-11-18-21(24)26-18/h14-21,25H,3-13H2,1-2H3/t14?,15-,16-,17+,18?,19?,20?,21?,22-,23-/m0/s1. The van der Waals surface area contributed by atoms with Gasteiger partial charge in [-0.25, -0.2) is 0 Å². The number of aliphatic hydroxyl groups is 1. The lowest BCUT2D eigenvalue weighted by Crippen LogP contribution is -2.61. The Morgan fingerprint density at radius 3 is 2.58 bits per heavy atom. The average Bonchev–Trinajstić information content (AvgIpc) is 3.19. The molecule has 2 heterocycles. The Morgan fingerprint density at radius 2 is 1.81 bits per heavy atom. The molecule has 4 aliphatic carbocycles. The van der Waals surface area contributed by atoms with E-state index in [-0.39, 0.29) is 11.5 Å². The molecule has 0 bridgehead atoms. The summed E-state index contributed by atoms with van der Waals surface area (Å²) in [7, 11) is 0. The van der Waals surface area contributed by atoms with Crippen LogP contribution >= 0.6 is 0 Å². The number of likely N-dealkylation sites (tertiary alicyclic amines) is 1. The van der Waals surface area contributed by atoms with Crippen LogP contribution in [-0.4, -0.2) is 41.0 Å². The first-order chi connectivity index (χ1) is 12.5. The number of fused-ring (bicyclic) bond motifs is 6. The normalized spacial score (nSPS) is 61.5. The number of rotatable bonds is 1. The van der Waals surface area contributed by atoms with Gasteiger partial charge in [-0.3, -0.25) is 4.90 Å². The molecule has 4 saturated carbocycles. The van der Waals surface area contributed by atoms with Crippen molar-refractivity contribution < 1.29 is 9.84 Å². The summed E-state index contributed by atoms with van der Waals surface area (Å²) < 4.78 is 5.97. The minimum atomic E-state index is -0.0414. The summed E-state index contributed by atoms with van der Waals surface area (Å²) in [5.41, 5.74) is 0.698. The topological polar surface area (TPSA) is 36.0 Å². The zero-order chi connectivity index (χ0) is 17.7. The molecule has 2 saturated heterocycles. The molecule has 0 aromatic heterocycles. The second kappa shape index (κ2) is 5.48. The maximum Gasteiger partial charge on any atom is 0.138 e. The molecule has 5 unspecified atom stereocenters. The minimum Gasteiger partial charge on any atom is -0.393 e. The van der Waals surface area contributed by atoms with Crippen LogP contribution in [0.4, 0.5) is 0 Å². The fourth-order valence-electron chi connectivity index (χ4n) is 9.18. The first kappa shape index (κ1) is 16.8. The zero-order valence-corrected chi connectivity index (χ0v) is 16.7. The first-order valence-corrected chi connectivity index (χ1v) is 11.6. The number of hydrogen-bond donors (Lipinski definition) is 1. The van der Waals surface area contributed by atoms with Crippen molar-refractivity contribution in [1.29, 1.82) is 0 Å². The van der Waals surface area contributed by atoms with Crippen LogP contribution in [0.1, 0.15) is 78.1 Å². The van der Waals surface area contributed by atoms with Crippen LogP contribution in [0, 0.1) is 34.5 Å². The van der Waals surface area contributed by atoms with E-state index in [0.717, 1.165) is 36.1 Å². The highest BCUT2D eigenvalue weighted by molar-refractivity contribution is 5.13. The van der Waals surface area contributed by atoms with Gasteiger partial charge in [-0.05, 0) is 92.3 Å². The van der Waals surface area contributed by atoms with Crippen molar-refractivity contribution in [2.45, 2.75) is 103 Å². The van der Waals surface area contributed by atoms with Crippen molar-refractivity contribution in [3.8, 4) is 0 Å². The van der Waals surface area contributed by atoms with E-state index in [1.165, 1.54) is 64.3 Å². The number of aliphatic hydroxyl groups excluding tert-OH is 1. The first-order valence-electron chi connectivity index (χ1n) is 11.6. The summed E-state index contributed by atoms with van der Waals surface area (Å²) >= 11 is 0. The van der Waals surface area contributed by atoms with Gasteiger partial charge < -0.3 is 9.84 Å². The second-order valence-corrected chi connectivity index (χ2v) is 11.2. The molecule has 6 fully saturated rings. The molecular formula is C23H37NO2. The molecule has 0 aromatic carbocycles. The van der Waals surface area contributed by atoms with E-state index in [1.54, 1.807) is 0 Å². The van der Waals surface area contributed by atoms with Gasteiger partial charge in [0.2, 0.25) is 0 Å². The molecular weight excluding hydrogens is 322 g/mol. The van der Waals surface area contributed by atoms with Crippen molar-refractivity contribution in [1.82, 2.24) is 4.90 Å². The second-order valence-electron chi connectivity index (χ2n) is 11.2. The molecule has 1 N–H and O–H groups in total. The minimum absolute atomic E-state index is 0.0414. The molecule has 3 heteroatoms. The van der Waals surface area contributed by atoms with Gasteiger partial charge in [0.25, 0.3) is 0 Å². The van der Waals surface area contributed by atoms with Crippen molar-refractivity contribution >= 4 is 0 Å². The van der Waals surface area contributed by atoms with Gasteiger partial charge in [0, 0.05) is 12.6 Å². The molecule has 0 amide bonds. The van der Waals surface area contributed by atoms with E-state index in [2.05, 4.69) is 18.7 Å². The van der Waals surface area contributed by atoms with Crippen molar-refractivity contribution in [3.05, 3.63) is 0 Å². The van der Waals surface area contributed by atoms with Crippen LogP contribution in [0.25, 0.3) is 0 Å². The van der Waals surface area contributed by atoms with E-state index in [4.69, 9.17) is 4.74 Å². The molecule has 2 aliphatic heterocycles.